The fraction of sp³-hybridized carbons (Fsp3) is 0.231. The summed E-state index contributed by atoms with van der Waals surface area (Å²) in [7, 11) is 0. The molecular formula is C13H11BrF3N3O2. The van der Waals surface area contributed by atoms with Crippen LogP contribution in [0.3, 0.4) is 0 Å². The minimum atomic E-state index is -3.12. The summed E-state index contributed by atoms with van der Waals surface area (Å²) < 4.78 is 43.9. The molecule has 5 nitrogen and oxygen atoms in total. The summed E-state index contributed by atoms with van der Waals surface area (Å²) in [4.78, 5) is 11.9. The van der Waals surface area contributed by atoms with E-state index in [1.165, 1.54) is 4.68 Å². The third-order valence-electron chi connectivity index (χ3n) is 2.63. The first-order valence-electron chi connectivity index (χ1n) is 6.09. The number of halogens is 4. The Balaban J connectivity index is 2.10. The van der Waals surface area contributed by atoms with Crippen LogP contribution in [0.15, 0.2) is 28.9 Å². The first-order chi connectivity index (χ1) is 10.3. The number of amides is 1. The molecule has 0 aliphatic rings. The molecule has 0 saturated carbocycles. The summed E-state index contributed by atoms with van der Waals surface area (Å²) in [6.07, 6.45) is 1.61. The number of rotatable bonds is 5. The molecule has 1 heterocycles. The van der Waals surface area contributed by atoms with E-state index in [1.807, 2.05) is 0 Å². The van der Waals surface area contributed by atoms with Gasteiger partial charge in [0.2, 0.25) is 5.91 Å². The number of alkyl halides is 2. The highest BCUT2D eigenvalue weighted by Gasteiger charge is 2.14. The van der Waals surface area contributed by atoms with Crippen molar-refractivity contribution in [2.75, 3.05) is 5.32 Å². The average molecular weight is 378 g/mol. The molecule has 0 atom stereocenters. The van der Waals surface area contributed by atoms with Crippen LogP contribution in [-0.4, -0.2) is 22.3 Å². The largest absolute Gasteiger partial charge is 0.432 e. The maximum atomic E-state index is 13.1. The van der Waals surface area contributed by atoms with Gasteiger partial charge in [0.05, 0.1) is 15.9 Å². The van der Waals surface area contributed by atoms with Gasteiger partial charge in [0.25, 0.3) is 0 Å². The number of nitrogens with one attached hydrogen (secondary N) is 1. The van der Waals surface area contributed by atoms with Crippen LogP contribution in [0, 0.1) is 12.7 Å². The monoisotopic (exact) mass is 377 g/mol. The Bertz CT molecular complexity index is 672. The number of hydrogen-bond donors (Lipinski definition) is 1. The van der Waals surface area contributed by atoms with Crippen LogP contribution in [0.4, 0.5) is 18.9 Å². The van der Waals surface area contributed by atoms with Crippen molar-refractivity contribution in [1.29, 1.82) is 0 Å². The van der Waals surface area contributed by atoms with Gasteiger partial charge in [-0.2, -0.15) is 13.9 Å². The van der Waals surface area contributed by atoms with Gasteiger partial charge in [-0.15, -0.1) is 0 Å². The van der Waals surface area contributed by atoms with Crippen molar-refractivity contribution in [3.05, 3.63) is 40.4 Å². The Kier molecular flexibility index (Phi) is 5.07. The highest BCUT2D eigenvalue weighted by molar-refractivity contribution is 9.10. The molecule has 2 aromatic rings. The Morgan fingerprint density at radius 2 is 2.23 bits per heavy atom. The van der Waals surface area contributed by atoms with Gasteiger partial charge in [-0.3, -0.25) is 9.48 Å². The van der Waals surface area contributed by atoms with E-state index in [1.54, 1.807) is 13.1 Å². The summed E-state index contributed by atoms with van der Waals surface area (Å²) in [6.45, 7) is -1.49. The molecule has 0 aliphatic carbocycles. The molecule has 1 N–H and O–H groups in total. The second kappa shape index (κ2) is 6.82. The van der Waals surface area contributed by atoms with Gasteiger partial charge in [-0.05, 0) is 35.0 Å². The summed E-state index contributed by atoms with van der Waals surface area (Å²) in [6, 6.07) is 2.95. The lowest BCUT2D eigenvalue weighted by Gasteiger charge is -2.12. The third kappa shape index (κ3) is 4.23. The van der Waals surface area contributed by atoms with Gasteiger partial charge in [-0.1, -0.05) is 0 Å². The standard InChI is InChI=1S/C13H11BrF3N3O2/c1-7-9(14)5-20(19-7)6-12(21)18-10-3-2-8(15)4-11(10)22-13(16)17/h2-5,13H,6H2,1H3,(H,18,21). The van der Waals surface area contributed by atoms with Gasteiger partial charge >= 0.3 is 6.61 Å². The number of aromatic nitrogens is 2. The molecule has 0 spiro atoms. The number of carbonyl (C=O) groups is 1. The fourth-order valence-electron chi connectivity index (χ4n) is 1.70. The van der Waals surface area contributed by atoms with E-state index in [2.05, 4.69) is 31.1 Å². The SMILES string of the molecule is Cc1nn(CC(=O)Nc2ccc(F)cc2OC(F)F)cc1Br. The Morgan fingerprint density at radius 3 is 2.82 bits per heavy atom. The van der Waals surface area contributed by atoms with E-state index >= 15 is 0 Å². The van der Waals surface area contributed by atoms with Crippen LogP contribution in [0.2, 0.25) is 0 Å². The zero-order chi connectivity index (χ0) is 16.3. The van der Waals surface area contributed by atoms with Gasteiger partial charge in [0, 0.05) is 12.3 Å². The summed E-state index contributed by atoms with van der Waals surface area (Å²) in [5.74, 6) is -1.71. The first-order valence-corrected chi connectivity index (χ1v) is 6.88. The van der Waals surface area contributed by atoms with E-state index in [-0.39, 0.29) is 12.2 Å². The summed E-state index contributed by atoms with van der Waals surface area (Å²) >= 11 is 3.26. The lowest BCUT2D eigenvalue weighted by molar-refractivity contribution is -0.117. The topological polar surface area (TPSA) is 56.2 Å². The first kappa shape index (κ1) is 16.3. The lowest BCUT2D eigenvalue weighted by Crippen LogP contribution is -2.20. The molecule has 0 radical (unpaired) electrons. The molecule has 1 aromatic heterocycles. The van der Waals surface area contributed by atoms with Crippen LogP contribution in [0.25, 0.3) is 0 Å². The second-order valence-corrected chi connectivity index (χ2v) is 5.18. The molecule has 0 saturated heterocycles. The average Bonchev–Trinajstić information content (AvgIpc) is 2.70. The molecule has 0 fully saturated rings. The zero-order valence-corrected chi connectivity index (χ0v) is 12.9. The second-order valence-electron chi connectivity index (χ2n) is 4.33. The number of hydrogen-bond acceptors (Lipinski definition) is 3. The minimum Gasteiger partial charge on any atom is -0.432 e. The number of anilines is 1. The van der Waals surface area contributed by atoms with Crippen molar-refractivity contribution in [1.82, 2.24) is 9.78 Å². The van der Waals surface area contributed by atoms with Gasteiger partial charge < -0.3 is 10.1 Å². The van der Waals surface area contributed by atoms with Crippen molar-refractivity contribution in [2.45, 2.75) is 20.1 Å². The van der Waals surface area contributed by atoms with Crippen LogP contribution in [0.1, 0.15) is 5.69 Å². The number of nitrogens with zero attached hydrogens (tertiary/aromatic N) is 2. The lowest BCUT2D eigenvalue weighted by atomic mass is 10.3. The van der Waals surface area contributed by atoms with Gasteiger partial charge in [0.1, 0.15) is 12.4 Å². The Morgan fingerprint density at radius 1 is 1.50 bits per heavy atom. The van der Waals surface area contributed by atoms with E-state index in [0.717, 1.165) is 22.7 Å². The molecular weight excluding hydrogens is 367 g/mol. The number of benzene rings is 1. The smallest absolute Gasteiger partial charge is 0.387 e. The third-order valence-corrected chi connectivity index (χ3v) is 3.40. The van der Waals surface area contributed by atoms with E-state index in [9.17, 15) is 18.0 Å². The van der Waals surface area contributed by atoms with Crippen LogP contribution >= 0.6 is 15.9 Å². The van der Waals surface area contributed by atoms with Crippen LogP contribution in [0.5, 0.6) is 5.75 Å². The molecule has 0 aliphatic heterocycles. The number of aryl methyl sites for hydroxylation is 1. The summed E-state index contributed by atoms with van der Waals surface area (Å²) in [5.41, 5.74) is 0.658. The minimum absolute atomic E-state index is 0.0466. The van der Waals surface area contributed by atoms with Crippen molar-refractivity contribution in [2.24, 2.45) is 0 Å². The highest BCUT2D eigenvalue weighted by atomic mass is 79.9. The Labute approximate surface area is 132 Å². The maximum absolute atomic E-state index is 13.1. The molecule has 9 heteroatoms. The highest BCUT2D eigenvalue weighted by Crippen LogP contribution is 2.27. The normalized spacial score (nSPS) is 10.8. The molecule has 1 amide bonds. The predicted molar refractivity (Wildman–Crippen MR) is 76.3 cm³/mol. The number of carbonyl (C=O) groups excluding carboxylic acids is 1. The van der Waals surface area contributed by atoms with E-state index in [0.29, 0.717) is 5.69 Å². The van der Waals surface area contributed by atoms with E-state index < -0.39 is 24.1 Å². The Hall–Kier alpha value is -2.03. The number of ether oxygens (including phenoxy) is 1. The van der Waals surface area contributed by atoms with Crippen molar-refractivity contribution < 1.29 is 22.7 Å². The maximum Gasteiger partial charge on any atom is 0.387 e. The van der Waals surface area contributed by atoms with Crippen molar-refractivity contribution >= 4 is 27.5 Å². The zero-order valence-electron chi connectivity index (χ0n) is 11.3. The fourth-order valence-corrected chi connectivity index (χ4v) is 2.02. The van der Waals surface area contributed by atoms with Crippen molar-refractivity contribution in [3.63, 3.8) is 0 Å². The van der Waals surface area contributed by atoms with E-state index in [4.69, 9.17) is 0 Å². The van der Waals surface area contributed by atoms with Crippen molar-refractivity contribution in [3.8, 4) is 5.75 Å². The van der Waals surface area contributed by atoms with Crippen LogP contribution < -0.4 is 10.1 Å². The van der Waals surface area contributed by atoms with Crippen LogP contribution in [-0.2, 0) is 11.3 Å². The molecule has 22 heavy (non-hydrogen) atoms. The quantitative estimate of drug-likeness (QED) is 0.869. The summed E-state index contributed by atoms with van der Waals surface area (Å²) in [5, 5.41) is 6.45. The van der Waals surface area contributed by atoms with Gasteiger partial charge in [0.15, 0.2) is 5.75 Å². The molecule has 1 aromatic carbocycles. The van der Waals surface area contributed by atoms with Gasteiger partial charge in [-0.25, -0.2) is 4.39 Å². The molecule has 2 rings (SSSR count). The predicted octanol–water partition coefficient (Wildman–Crippen LogP) is 3.33. The molecule has 0 bridgehead atoms. The molecule has 0 unspecified atom stereocenters. The molecule has 118 valence electrons.